The van der Waals surface area contributed by atoms with Crippen LogP contribution in [0.5, 0.6) is 0 Å². The van der Waals surface area contributed by atoms with E-state index >= 15 is 0 Å². The summed E-state index contributed by atoms with van der Waals surface area (Å²) < 4.78 is 32.7. The number of hydrogen-bond acceptors (Lipinski definition) is 5. The zero-order chi connectivity index (χ0) is 17.4. The minimum absolute atomic E-state index is 0.0296. The molecule has 25 heavy (non-hydrogen) atoms. The maximum Gasteiger partial charge on any atom is 0.276 e. The molecule has 4 rings (SSSR count). The minimum Gasteiger partial charge on any atom is -0.442 e. The molecule has 3 heterocycles. The van der Waals surface area contributed by atoms with Crippen LogP contribution in [0.4, 0.5) is 0 Å². The second-order valence-corrected chi connectivity index (χ2v) is 7.96. The Balaban J connectivity index is 1.59. The molecule has 0 spiro atoms. The molecule has 0 unspecified atom stereocenters. The normalized spacial score (nSPS) is 21.6. The number of aromatic nitrogens is 2. The molecule has 3 aromatic rings. The number of nitrogens with zero attached hydrogens (tertiary/aromatic N) is 2. The molecule has 130 valence electrons. The fraction of sp³-hybridized carbons (Fsp3) is 0.235. The molecule has 7 nitrogen and oxygen atoms in total. The van der Waals surface area contributed by atoms with Crippen LogP contribution < -0.4 is 5.73 Å². The van der Waals surface area contributed by atoms with E-state index in [1.54, 1.807) is 18.3 Å². The fourth-order valence-corrected chi connectivity index (χ4v) is 4.58. The van der Waals surface area contributed by atoms with Crippen molar-refractivity contribution < 1.29 is 12.8 Å². The Morgan fingerprint density at radius 2 is 1.92 bits per heavy atom. The van der Waals surface area contributed by atoms with Gasteiger partial charge < -0.3 is 10.2 Å². The van der Waals surface area contributed by atoms with Crippen molar-refractivity contribution in [1.82, 2.24) is 14.5 Å². The summed E-state index contributed by atoms with van der Waals surface area (Å²) in [6.07, 6.45) is 1.58. The molecule has 1 saturated heterocycles. The van der Waals surface area contributed by atoms with Crippen LogP contribution in [0.25, 0.3) is 11.5 Å². The Kier molecular flexibility index (Phi) is 3.95. The zero-order valence-electron chi connectivity index (χ0n) is 13.4. The molecule has 1 aromatic carbocycles. The van der Waals surface area contributed by atoms with E-state index < -0.39 is 10.0 Å². The third-order valence-electron chi connectivity index (χ3n) is 4.50. The molecule has 1 fully saturated rings. The van der Waals surface area contributed by atoms with Gasteiger partial charge in [-0.15, -0.1) is 0 Å². The van der Waals surface area contributed by atoms with Crippen molar-refractivity contribution >= 4 is 10.0 Å². The van der Waals surface area contributed by atoms with Gasteiger partial charge in [0.1, 0.15) is 5.69 Å². The van der Waals surface area contributed by atoms with Crippen molar-refractivity contribution in [2.24, 2.45) is 5.73 Å². The Hall–Kier alpha value is -2.42. The van der Waals surface area contributed by atoms with E-state index in [0.29, 0.717) is 18.0 Å². The summed E-state index contributed by atoms with van der Waals surface area (Å²) >= 11 is 0. The summed E-state index contributed by atoms with van der Waals surface area (Å²) in [5.41, 5.74) is 7.88. The van der Waals surface area contributed by atoms with E-state index in [2.05, 4.69) is 10.2 Å². The van der Waals surface area contributed by atoms with Gasteiger partial charge in [-0.3, -0.25) is 5.10 Å². The molecule has 2 aromatic heterocycles. The first-order chi connectivity index (χ1) is 12.1. The van der Waals surface area contributed by atoms with Gasteiger partial charge in [-0.25, -0.2) is 8.42 Å². The van der Waals surface area contributed by atoms with Crippen molar-refractivity contribution in [2.75, 3.05) is 13.1 Å². The highest BCUT2D eigenvalue weighted by molar-refractivity contribution is 7.89. The largest absolute Gasteiger partial charge is 0.442 e. The molecule has 0 saturated carbocycles. The number of aromatic amines is 1. The van der Waals surface area contributed by atoms with Gasteiger partial charge in [0.2, 0.25) is 5.09 Å². The van der Waals surface area contributed by atoms with Crippen molar-refractivity contribution in [2.45, 2.75) is 17.1 Å². The Morgan fingerprint density at radius 3 is 2.64 bits per heavy atom. The third-order valence-corrected chi connectivity index (χ3v) is 6.21. The fourth-order valence-electron chi connectivity index (χ4n) is 3.16. The molecule has 0 aliphatic carbocycles. The highest BCUT2D eigenvalue weighted by atomic mass is 32.2. The SMILES string of the molecule is N[C@@H]1CN(S(=O)(=O)c2ccc(-c3ccn[nH]3)o2)C[C@H]1c1ccccc1. The Bertz CT molecular complexity index is 951. The minimum atomic E-state index is -3.73. The van der Waals surface area contributed by atoms with Crippen LogP contribution in [0, 0.1) is 0 Å². The van der Waals surface area contributed by atoms with Gasteiger partial charge in [0.25, 0.3) is 10.0 Å². The van der Waals surface area contributed by atoms with Gasteiger partial charge in [-0.05, 0) is 23.8 Å². The number of nitrogens with one attached hydrogen (secondary N) is 1. The summed E-state index contributed by atoms with van der Waals surface area (Å²) in [6.45, 7) is 0.607. The number of sulfonamides is 1. The second-order valence-electron chi connectivity index (χ2n) is 6.09. The number of benzene rings is 1. The number of hydrogen-bond donors (Lipinski definition) is 2. The second kappa shape index (κ2) is 6.14. The summed E-state index contributed by atoms with van der Waals surface area (Å²) in [4.78, 5) is 0. The molecule has 0 amide bonds. The van der Waals surface area contributed by atoms with Crippen molar-refractivity contribution in [3.63, 3.8) is 0 Å². The molecular weight excluding hydrogens is 340 g/mol. The lowest BCUT2D eigenvalue weighted by Crippen LogP contribution is -2.32. The predicted molar refractivity (Wildman–Crippen MR) is 92.2 cm³/mol. The van der Waals surface area contributed by atoms with Crippen molar-refractivity contribution in [1.29, 1.82) is 0 Å². The Morgan fingerprint density at radius 1 is 1.12 bits per heavy atom. The van der Waals surface area contributed by atoms with Gasteiger partial charge in [-0.2, -0.15) is 9.40 Å². The van der Waals surface area contributed by atoms with Gasteiger partial charge in [0.05, 0.1) is 0 Å². The van der Waals surface area contributed by atoms with Crippen molar-refractivity contribution in [3.8, 4) is 11.5 Å². The average Bonchev–Trinajstić information content (AvgIpc) is 3.35. The van der Waals surface area contributed by atoms with E-state index in [1.807, 2.05) is 30.3 Å². The lowest BCUT2D eigenvalue weighted by Gasteiger charge is -2.15. The van der Waals surface area contributed by atoms with Crippen LogP contribution >= 0.6 is 0 Å². The maximum atomic E-state index is 12.9. The van der Waals surface area contributed by atoms with E-state index in [1.165, 1.54) is 10.4 Å². The number of H-pyrrole nitrogens is 1. The van der Waals surface area contributed by atoms with Crippen LogP contribution in [-0.2, 0) is 10.0 Å². The standard InChI is InChI=1S/C17H18N4O3S/c18-14-11-21(10-13(14)12-4-2-1-3-5-12)25(22,23)17-7-6-16(24-17)15-8-9-19-20-15/h1-9,13-14H,10-11,18H2,(H,19,20)/t13-,14+/m0/s1. The summed E-state index contributed by atoms with van der Waals surface area (Å²) in [5, 5.41) is 6.51. The third kappa shape index (κ3) is 2.88. The van der Waals surface area contributed by atoms with Crippen LogP contribution in [-0.4, -0.2) is 42.1 Å². The van der Waals surface area contributed by atoms with Gasteiger partial charge in [0, 0.05) is 31.2 Å². The van der Waals surface area contributed by atoms with Gasteiger partial charge in [0.15, 0.2) is 5.76 Å². The molecule has 8 heteroatoms. The Labute approximate surface area is 145 Å². The van der Waals surface area contributed by atoms with E-state index in [4.69, 9.17) is 10.2 Å². The number of nitrogens with two attached hydrogens (primary N) is 1. The number of rotatable bonds is 4. The topological polar surface area (TPSA) is 105 Å². The first-order valence-corrected chi connectivity index (χ1v) is 9.40. The molecule has 1 aliphatic rings. The van der Waals surface area contributed by atoms with Gasteiger partial charge >= 0.3 is 0 Å². The monoisotopic (exact) mass is 358 g/mol. The van der Waals surface area contributed by atoms with Crippen molar-refractivity contribution in [3.05, 3.63) is 60.3 Å². The lowest BCUT2D eigenvalue weighted by atomic mass is 9.95. The number of furan rings is 1. The van der Waals surface area contributed by atoms with Crippen LogP contribution in [0.2, 0.25) is 0 Å². The van der Waals surface area contributed by atoms with Gasteiger partial charge in [-0.1, -0.05) is 30.3 Å². The summed E-state index contributed by atoms with van der Waals surface area (Å²) in [7, 11) is -3.73. The highest BCUT2D eigenvalue weighted by Gasteiger charge is 2.39. The van der Waals surface area contributed by atoms with E-state index in [0.717, 1.165) is 5.56 Å². The average molecular weight is 358 g/mol. The molecule has 1 aliphatic heterocycles. The summed E-state index contributed by atoms with van der Waals surface area (Å²) in [5.74, 6) is 0.400. The van der Waals surface area contributed by atoms with E-state index in [9.17, 15) is 8.42 Å². The highest BCUT2D eigenvalue weighted by Crippen LogP contribution is 2.32. The molecule has 3 N–H and O–H groups in total. The van der Waals surface area contributed by atoms with Crippen LogP contribution in [0.15, 0.2) is 64.2 Å². The smallest absolute Gasteiger partial charge is 0.276 e. The van der Waals surface area contributed by atoms with Crippen LogP contribution in [0.1, 0.15) is 11.5 Å². The molecule has 0 radical (unpaired) electrons. The quantitative estimate of drug-likeness (QED) is 0.740. The maximum absolute atomic E-state index is 12.9. The molecule has 2 atom stereocenters. The zero-order valence-corrected chi connectivity index (χ0v) is 14.2. The first kappa shape index (κ1) is 16.1. The van der Waals surface area contributed by atoms with Crippen LogP contribution in [0.3, 0.4) is 0 Å². The predicted octanol–water partition coefficient (Wildman–Crippen LogP) is 1.79. The molecular formula is C17H18N4O3S. The lowest BCUT2D eigenvalue weighted by molar-refractivity contribution is 0.414. The summed E-state index contributed by atoms with van der Waals surface area (Å²) in [6, 6.07) is 14.3. The molecule has 0 bridgehead atoms. The van der Waals surface area contributed by atoms with E-state index in [-0.39, 0.29) is 23.6 Å². The first-order valence-electron chi connectivity index (χ1n) is 7.96.